The van der Waals surface area contributed by atoms with Gasteiger partial charge in [0.2, 0.25) is 0 Å². The molecule has 4 fully saturated rings. The van der Waals surface area contributed by atoms with Crippen molar-refractivity contribution in [1.29, 1.82) is 0 Å². The highest BCUT2D eigenvalue weighted by molar-refractivity contribution is 6.01. The van der Waals surface area contributed by atoms with Crippen molar-refractivity contribution in [2.45, 2.75) is 58.2 Å². The van der Waals surface area contributed by atoms with Gasteiger partial charge in [-0.2, -0.15) is 0 Å². The Labute approximate surface area is 144 Å². The summed E-state index contributed by atoms with van der Waals surface area (Å²) >= 11 is 0. The Morgan fingerprint density at radius 2 is 1.79 bits per heavy atom. The lowest BCUT2D eigenvalue weighted by molar-refractivity contribution is -0.241. The van der Waals surface area contributed by atoms with E-state index in [-0.39, 0.29) is 22.4 Å². The zero-order valence-electron chi connectivity index (χ0n) is 14.8. The number of ketones is 1. The Morgan fingerprint density at radius 3 is 2.58 bits per heavy atom. The predicted molar refractivity (Wildman–Crippen MR) is 91.3 cm³/mol. The number of hydrogen-bond acceptors (Lipinski definition) is 3. The van der Waals surface area contributed by atoms with Crippen LogP contribution in [0, 0.1) is 28.6 Å². The summed E-state index contributed by atoms with van der Waals surface area (Å²) in [7, 11) is 0. The average molecular weight is 328 g/mol. The molecule has 24 heavy (non-hydrogen) atoms. The van der Waals surface area contributed by atoms with Gasteiger partial charge < -0.3 is 9.47 Å². The molecule has 5 rings (SSSR count). The predicted octanol–water partition coefficient (Wildman–Crippen LogP) is 4.04. The summed E-state index contributed by atoms with van der Waals surface area (Å²) in [5, 5.41) is 0. The van der Waals surface area contributed by atoms with Crippen molar-refractivity contribution < 1.29 is 14.3 Å². The summed E-state index contributed by atoms with van der Waals surface area (Å²) < 4.78 is 12.4. The first kappa shape index (κ1) is 15.3. The summed E-state index contributed by atoms with van der Waals surface area (Å²) in [6.45, 7) is 6.31. The van der Waals surface area contributed by atoms with E-state index < -0.39 is 0 Å². The molecule has 3 saturated carbocycles. The van der Waals surface area contributed by atoms with Crippen LogP contribution in [0.3, 0.4) is 0 Å². The average Bonchev–Trinajstić information content (AvgIpc) is 3.15. The van der Waals surface area contributed by atoms with Gasteiger partial charge in [0, 0.05) is 17.3 Å². The minimum Gasteiger partial charge on any atom is -0.347 e. The van der Waals surface area contributed by atoms with Crippen LogP contribution in [0.15, 0.2) is 23.8 Å². The minimum absolute atomic E-state index is 0.0886. The van der Waals surface area contributed by atoms with Crippen LogP contribution in [0.5, 0.6) is 0 Å². The molecule has 0 N–H and O–H groups in total. The molecule has 0 aromatic carbocycles. The molecule has 1 spiro atoms. The van der Waals surface area contributed by atoms with E-state index in [0.717, 1.165) is 32.0 Å². The molecule has 4 aliphatic carbocycles. The molecule has 0 amide bonds. The van der Waals surface area contributed by atoms with Crippen molar-refractivity contribution in [3.05, 3.63) is 23.8 Å². The number of rotatable bonds is 0. The fourth-order valence-electron chi connectivity index (χ4n) is 7.08. The second-order valence-corrected chi connectivity index (χ2v) is 9.05. The summed E-state index contributed by atoms with van der Waals surface area (Å²) in [4.78, 5) is 11.8. The fourth-order valence-corrected chi connectivity index (χ4v) is 7.08. The maximum absolute atomic E-state index is 11.8. The highest BCUT2D eigenvalue weighted by atomic mass is 16.7. The van der Waals surface area contributed by atoms with Crippen LogP contribution >= 0.6 is 0 Å². The van der Waals surface area contributed by atoms with Gasteiger partial charge in [0.1, 0.15) is 0 Å². The monoisotopic (exact) mass is 328 g/mol. The molecule has 1 heterocycles. The molecule has 1 aliphatic heterocycles. The van der Waals surface area contributed by atoms with Gasteiger partial charge in [0.25, 0.3) is 0 Å². The standard InChI is InChI=1S/C21H28O3/c1-19-8-5-15(22)13-14(19)3-4-16-17(19)6-9-20(2)18(16)7-10-21(20)23-11-12-24-21/h5,8,13,16-18H,3-4,6-7,9-12H2,1-2H3/t16-,17+,18-,19+,20-/m1/s1. The lowest BCUT2D eigenvalue weighted by atomic mass is 9.48. The van der Waals surface area contributed by atoms with Crippen LogP contribution in [0.4, 0.5) is 0 Å². The Hall–Kier alpha value is -0.930. The highest BCUT2D eigenvalue weighted by Crippen LogP contribution is 2.68. The molecule has 0 aromatic heterocycles. The quantitative estimate of drug-likeness (QED) is 0.673. The largest absolute Gasteiger partial charge is 0.347 e. The van der Waals surface area contributed by atoms with E-state index >= 15 is 0 Å². The van der Waals surface area contributed by atoms with Crippen LogP contribution in [-0.4, -0.2) is 24.8 Å². The van der Waals surface area contributed by atoms with E-state index in [1.165, 1.54) is 31.3 Å². The van der Waals surface area contributed by atoms with E-state index in [1.807, 2.05) is 6.08 Å². The number of hydrogen-bond donors (Lipinski definition) is 0. The Kier molecular flexibility index (Phi) is 3.08. The molecule has 0 aromatic rings. The molecule has 130 valence electrons. The highest BCUT2D eigenvalue weighted by Gasteiger charge is 2.66. The zero-order chi connectivity index (χ0) is 16.6. The molecule has 0 unspecified atom stereocenters. The van der Waals surface area contributed by atoms with Gasteiger partial charge in [-0.05, 0) is 62.0 Å². The first-order chi connectivity index (χ1) is 11.5. The molecular formula is C21H28O3. The normalized spacial score (nSPS) is 48.8. The van der Waals surface area contributed by atoms with Gasteiger partial charge in [0.15, 0.2) is 11.6 Å². The van der Waals surface area contributed by atoms with Crippen LogP contribution in [0.25, 0.3) is 0 Å². The van der Waals surface area contributed by atoms with Gasteiger partial charge >= 0.3 is 0 Å². The van der Waals surface area contributed by atoms with Gasteiger partial charge in [-0.3, -0.25) is 4.79 Å². The number of carbonyl (C=O) groups excluding carboxylic acids is 1. The third-order valence-electron chi connectivity index (χ3n) is 8.35. The second kappa shape index (κ2) is 4.82. The zero-order valence-corrected chi connectivity index (χ0v) is 14.8. The van der Waals surface area contributed by atoms with Gasteiger partial charge in [-0.15, -0.1) is 0 Å². The number of allylic oxidation sites excluding steroid dienone is 4. The molecule has 1 saturated heterocycles. The molecular weight excluding hydrogens is 300 g/mol. The Morgan fingerprint density at radius 1 is 1.04 bits per heavy atom. The molecule has 0 bridgehead atoms. The molecule has 5 aliphatic rings. The number of fused-ring (bicyclic) bond motifs is 6. The molecule has 3 heteroatoms. The third kappa shape index (κ3) is 1.73. The minimum atomic E-state index is -0.308. The molecule has 3 nitrogen and oxygen atoms in total. The fraction of sp³-hybridized carbons (Fsp3) is 0.762. The van der Waals surface area contributed by atoms with Gasteiger partial charge in [0.05, 0.1) is 13.2 Å². The van der Waals surface area contributed by atoms with Gasteiger partial charge in [-0.25, -0.2) is 0 Å². The van der Waals surface area contributed by atoms with Crippen molar-refractivity contribution in [2.75, 3.05) is 13.2 Å². The van der Waals surface area contributed by atoms with Crippen LogP contribution < -0.4 is 0 Å². The number of ether oxygens (including phenoxy) is 2. The first-order valence-corrected chi connectivity index (χ1v) is 9.71. The first-order valence-electron chi connectivity index (χ1n) is 9.71. The van der Waals surface area contributed by atoms with E-state index in [2.05, 4.69) is 19.9 Å². The smallest absolute Gasteiger partial charge is 0.178 e. The van der Waals surface area contributed by atoms with E-state index in [1.54, 1.807) is 6.08 Å². The van der Waals surface area contributed by atoms with Crippen LogP contribution in [-0.2, 0) is 14.3 Å². The Bertz CT molecular complexity index is 641. The SMILES string of the molecule is C[C@]12C=CC(=O)C=C1CC[C@H]1[C@H]3CCC4(OCCO4)[C@]3(C)CC[C@@H]12. The Balaban J connectivity index is 1.51. The maximum atomic E-state index is 11.8. The summed E-state index contributed by atoms with van der Waals surface area (Å²) in [5.74, 6) is 1.96. The molecule has 5 atom stereocenters. The number of carbonyl (C=O) groups is 1. The van der Waals surface area contributed by atoms with Gasteiger partial charge in [-0.1, -0.05) is 25.5 Å². The summed E-state index contributed by atoms with van der Waals surface area (Å²) in [5.41, 5.74) is 1.63. The van der Waals surface area contributed by atoms with Crippen molar-refractivity contribution in [3.63, 3.8) is 0 Å². The molecule has 0 radical (unpaired) electrons. The van der Waals surface area contributed by atoms with E-state index in [9.17, 15) is 4.79 Å². The summed E-state index contributed by atoms with van der Waals surface area (Å²) in [6, 6.07) is 0. The lowest BCUT2D eigenvalue weighted by Crippen LogP contribution is -2.54. The maximum Gasteiger partial charge on any atom is 0.178 e. The third-order valence-corrected chi connectivity index (χ3v) is 8.35. The van der Waals surface area contributed by atoms with Crippen LogP contribution in [0.2, 0.25) is 0 Å². The van der Waals surface area contributed by atoms with E-state index in [0.29, 0.717) is 11.8 Å². The van der Waals surface area contributed by atoms with Crippen molar-refractivity contribution in [3.8, 4) is 0 Å². The van der Waals surface area contributed by atoms with Crippen LogP contribution in [0.1, 0.15) is 52.4 Å². The van der Waals surface area contributed by atoms with Crippen molar-refractivity contribution >= 4 is 5.78 Å². The van der Waals surface area contributed by atoms with E-state index in [4.69, 9.17) is 9.47 Å². The topological polar surface area (TPSA) is 35.5 Å². The van der Waals surface area contributed by atoms with Crippen molar-refractivity contribution in [2.24, 2.45) is 28.6 Å². The van der Waals surface area contributed by atoms with Crippen molar-refractivity contribution in [1.82, 2.24) is 0 Å². The second-order valence-electron chi connectivity index (χ2n) is 9.05. The summed E-state index contributed by atoms with van der Waals surface area (Å²) in [6.07, 6.45) is 12.9. The lowest BCUT2D eigenvalue weighted by Gasteiger charge is -2.57.